The van der Waals surface area contributed by atoms with E-state index in [2.05, 4.69) is 32.3 Å². The fourth-order valence-corrected chi connectivity index (χ4v) is 2.20. The van der Waals surface area contributed by atoms with Gasteiger partial charge in [-0.3, -0.25) is 0 Å². The minimum Gasteiger partial charge on any atom is -0.475 e. The number of rotatable bonds is 5. The molecular weight excluding hydrogens is 330 g/mol. The molecule has 0 amide bonds. The molecule has 0 aliphatic heterocycles. The number of hydrogen-bond donors (Lipinski definition) is 1. The van der Waals surface area contributed by atoms with Gasteiger partial charge in [-0.1, -0.05) is 22.0 Å². The van der Waals surface area contributed by atoms with Gasteiger partial charge in [-0.05, 0) is 38.1 Å². The van der Waals surface area contributed by atoms with Crippen LogP contribution < -0.4 is 10.1 Å². The molecule has 0 saturated heterocycles. The van der Waals surface area contributed by atoms with Gasteiger partial charge >= 0.3 is 0 Å². The Bertz CT molecular complexity index is 665. The summed E-state index contributed by atoms with van der Waals surface area (Å²) in [7, 11) is 0. The Hall–Kier alpha value is -2.06. The zero-order valence-electron chi connectivity index (χ0n) is 11.9. The van der Waals surface area contributed by atoms with Gasteiger partial charge in [0.1, 0.15) is 6.07 Å². The Labute approximate surface area is 132 Å². The van der Waals surface area contributed by atoms with Crippen LogP contribution in [0.4, 0.5) is 5.69 Å². The van der Waals surface area contributed by atoms with Crippen molar-refractivity contribution in [2.24, 2.45) is 0 Å². The number of nitriles is 1. The molecule has 0 aliphatic carbocycles. The largest absolute Gasteiger partial charge is 0.475 e. The maximum atomic E-state index is 9.17. The summed E-state index contributed by atoms with van der Waals surface area (Å²) in [5.41, 5.74) is 2.35. The van der Waals surface area contributed by atoms with E-state index in [0.29, 0.717) is 18.0 Å². The van der Waals surface area contributed by atoms with E-state index in [4.69, 9.17) is 10.00 Å². The van der Waals surface area contributed by atoms with Crippen LogP contribution >= 0.6 is 15.9 Å². The first kappa shape index (κ1) is 15.3. The van der Waals surface area contributed by atoms with Crippen molar-refractivity contribution < 1.29 is 4.74 Å². The van der Waals surface area contributed by atoms with Crippen LogP contribution in [0, 0.1) is 11.3 Å². The van der Waals surface area contributed by atoms with Gasteiger partial charge in [0.15, 0.2) is 0 Å². The monoisotopic (exact) mass is 345 g/mol. The molecule has 1 heterocycles. The van der Waals surface area contributed by atoms with E-state index in [0.717, 1.165) is 15.7 Å². The minimum atomic E-state index is 0.0704. The lowest BCUT2D eigenvalue weighted by atomic mass is 10.2. The van der Waals surface area contributed by atoms with Crippen molar-refractivity contribution in [3.05, 3.63) is 52.1 Å². The maximum absolute atomic E-state index is 9.17. The molecule has 0 unspecified atom stereocenters. The van der Waals surface area contributed by atoms with E-state index >= 15 is 0 Å². The summed E-state index contributed by atoms with van der Waals surface area (Å²) in [6, 6.07) is 11.6. The fraction of sp³-hybridized carbons (Fsp3) is 0.250. The zero-order valence-corrected chi connectivity index (χ0v) is 13.5. The van der Waals surface area contributed by atoms with Crippen LogP contribution in [0.2, 0.25) is 0 Å². The van der Waals surface area contributed by atoms with Gasteiger partial charge in [-0.2, -0.15) is 5.26 Å². The molecule has 2 aromatic rings. The third kappa shape index (κ3) is 4.20. The summed E-state index contributed by atoms with van der Waals surface area (Å²) in [5, 5.41) is 12.4. The lowest BCUT2D eigenvalue weighted by molar-refractivity contribution is 0.230. The number of halogens is 1. The first-order chi connectivity index (χ1) is 10.1. The lowest BCUT2D eigenvalue weighted by Crippen LogP contribution is -2.11. The third-order valence-corrected chi connectivity index (χ3v) is 3.26. The number of nitrogens with one attached hydrogen (secondary N) is 1. The average molecular weight is 346 g/mol. The Balaban J connectivity index is 2.15. The number of pyridine rings is 1. The van der Waals surface area contributed by atoms with Crippen LogP contribution in [-0.2, 0) is 6.54 Å². The van der Waals surface area contributed by atoms with E-state index in [1.54, 1.807) is 12.3 Å². The predicted octanol–water partition coefficient (Wildman–Crippen LogP) is 4.12. The van der Waals surface area contributed by atoms with E-state index in [1.807, 2.05) is 38.1 Å². The number of hydrogen-bond acceptors (Lipinski definition) is 4. The number of nitrogens with zero attached hydrogens (tertiary/aromatic N) is 2. The van der Waals surface area contributed by atoms with E-state index in [1.165, 1.54) is 0 Å². The van der Waals surface area contributed by atoms with Crippen molar-refractivity contribution in [2.45, 2.75) is 26.5 Å². The summed E-state index contributed by atoms with van der Waals surface area (Å²) >= 11 is 3.36. The first-order valence-electron chi connectivity index (χ1n) is 6.64. The number of benzene rings is 1. The quantitative estimate of drug-likeness (QED) is 0.885. The maximum Gasteiger partial charge on any atom is 0.218 e. The highest BCUT2D eigenvalue weighted by molar-refractivity contribution is 9.10. The topological polar surface area (TPSA) is 57.9 Å². The molecule has 0 atom stereocenters. The average Bonchev–Trinajstić information content (AvgIpc) is 2.46. The standard InChI is InChI=1S/C16H16BrN3O/c1-11(2)21-16-12(4-3-7-19-16)10-20-15-6-5-14(17)8-13(15)9-18/h3-8,11,20H,10H2,1-2H3. The molecular formula is C16H16BrN3O. The van der Waals surface area contributed by atoms with Gasteiger partial charge in [0, 0.05) is 22.8 Å². The Morgan fingerprint density at radius 2 is 2.19 bits per heavy atom. The third-order valence-electron chi connectivity index (χ3n) is 2.77. The highest BCUT2D eigenvalue weighted by Gasteiger charge is 2.08. The molecule has 0 fully saturated rings. The predicted molar refractivity (Wildman–Crippen MR) is 86.2 cm³/mol. The van der Waals surface area contributed by atoms with Crippen molar-refractivity contribution in [1.29, 1.82) is 5.26 Å². The highest BCUT2D eigenvalue weighted by atomic mass is 79.9. The molecule has 2 rings (SSSR count). The molecule has 0 radical (unpaired) electrons. The van der Waals surface area contributed by atoms with Gasteiger partial charge in [0.25, 0.3) is 0 Å². The van der Waals surface area contributed by atoms with Gasteiger partial charge in [0.2, 0.25) is 5.88 Å². The number of anilines is 1. The second kappa shape index (κ2) is 7.09. The molecule has 108 valence electrons. The van der Waals surface area contributed by atoms with Gasteiger partial charge in [-0.15, -0.1) is 0 Å². The van der Waals surface area contributed by atoms with Crippen molar-refractivity contribution in [3.63, 3.8) is 0 Å². The van der Waals surface area contributed by atoms with E-state index in [-0.39, 0.29) is 6.10 Å². The van der Waals surface area contributed by atoms with Gasteiger partial charge < -0.3 is 10.1 Å². The number of ether oxygens (including phenoxy) is 1. The Morgan fingerprint density at radius 3 is 2.90 bits per heavy atom. The SMILES string of the molecule is CC(C)Oc1ncccc1CNc1ccc(Br)cc1C#N. The van der Waals surface area contributed by atoms with Crippen molar-refractivity contribution in [1.82, 2.24) is 4.98 Å². The van der Waals surface area contributed by atoms with Crippen LogP contribution in [0.1, 0.15) is 25.0 Å². The molecule has 0 saturated carbocycles. The second-order valence-corrected chi connectivity index (χ2v) is 5.71. The van der Waals surface area contributed by atoms with Crippen LogP contribution in [0.25, 0.3) is 0 Å². The summed E-state index contributed by atoms with van der Waals surface area (Å²) in [6.45, 7) is 4.48. The van der Waals surface area contributed by atoms with Crippen molar-refractivity contribution in [2.75, 3.05) is 5.32 Å². The van der Waals surface area contributed by atoms with Crippen molar-refractivity contribution >= 4 is 21.6 Å². The number of aromatic nitrogens is 1. The molecule has 0 spiro atoms. The summed E-state index contributed by atoms with van der Waals surface area (Å²) in [5.74, 6) is 0.621. The summed E-state index contributed by atoms with van der Waals surface area (Å²) in [6.07, 6.45) is 1.78. The molecule has 21 heavy (non-hydrogen) atoms. The molecule has 1 aromatic carbocycles. The molecule has 0 aliphatic rings. The first-order valence-corrected chi connectivity index (χ1v) is 7.43. The van der Waals surface area contributed by atoms with Gasteiger partial charge in [-0.25, -0.2) is 4.98 Å². The minimum absolute atomic E-state index is 0.0704. The normalized spacial score (nSPS) is 10.2. The second-order valence-electron chi connectivity index (χ2n) is 4.79. The molecule has 4 nitrogen and oxygen atoms in total. The lowest BCUT2D eigenvalue weighted by Gasteiger charge is -2.14. The Kier molecular flexibility index (Phi) is 5.18. The zero-order chi connectivity index (χ0) is 15.2. The van der Waals surface area contributed by atoms with Crippen molar-refractivity contribution in [3.8, 4) is 11.9 Å². The van der Waals surface area contributed by atoms with Crippen LogP contribution in [0.3, 0.4) is 0 Å². The van der Waals surface area contributed by atoms with Crippen LogP contribution in [0.15, 0.2) is 41.0 Å². The summed E-state index contributed by atoms with van der Waals surface area (Å²) < 4.78 is 6.57. The van der Waals surface area contributed by atoms with Crippen LogP contribution in [0.5, 0.6) is 5.88 Å². The highest BCUT2D eigenvalue weighted by Crippen LogP contribution is 2.22. The van der Waals surface area contributed by atoms with E-state index in [9.17, 15) is 0 Å². The smallest absolute Gasteiger partial charge is 0.218 e. The molecule has 5 heteroatoms. The van der Waals surface area contributed by atoms with Gasteiger partial charge in [0.05, 0.1) is 17.4 Å². The van der Waals surface area contributed by atoms with E-state index < -0.39 is 0 Å². The fourth-order valence-electron chi connectivity index (χ4n) is 1.84. The Morgan fingerprint density at radius 1 is 1.38 bits per heavy atom. The summed E-state index contributed by atoms with van der Waals surface area (Å²) in [4.78, 5) is 4.25. The molecule has 1 N–H and O–H groups in total. The molecule has 0 bridgehead atoms. The molecule has 1 aromatic heterocycles. The van der Waals surface area contributed by atoms with Crippen LogP contribution in [-0.4, -0.2) is 11.1 Å².